The number of amides is 1. The molecule has 0 atom stereocenters. The van der Waals surface area contributed by atoms with E-state index in [1.165, 1.54) is 27.4 Å². The molecule has 1 aliphatic rings. The van der Waals surface area contributed by atoms with Gasteiger partial charge in [-0.1, -0.05) is 11.6 Å². The van der Waals surface area contributed by atoms with Crippen LogP contribution in [0, 0.1) is 0 Å². The molecule has 1 aromatic heterocycles. The van der Waals surface area contributed by atoms with Gasteiger partial charge in [0.05, 0.1) is 36.8 Å². The molecule has 3 aromatic rings. The van der Waals surface area contributed by atoms with E-state index in [-0.39, 0.29) is 28.4 Å². The minimum absolute atomic E-state index is 0.00454. The maximum Gasteiger partial charge on any atom is 0.416 e. The summed E-state index contributed by atoms with van der Waals surface area (Å²) in [6.45, 7) is 1.73. The van der Waals surface area contributed by atoms with E-state index in [0.717, 1.165) is 34.0 Å². The normalized spacial score (nSPS) is 14.1. The molecule has 4 rings (SSSR count). The highest BCUT2D eigenvalue weighted by molar-refractivity contribution is 7.89. The van der Waals surface area contributed by atoms with E-state index in [1.54, 1.807) is 19.0 Å². The SMILES string of the molecule is COc1cc2c(cc1Nc1ncc(Cl)c(Nc3ccc(C(F)(F)F)cc3S(=O)(=O)N(C)C)n1)CCN(CC(=O)N(C)C)CC2. The van der Waals surface area contributed by atoms with Crippen molar-refractivity contribution in [3.63, 3.8) is 0 Å². The molecule has 2 heterocycles. The van der Waals surface area contributed by atoms with Crippen molar-refractivity contribution in [2.75, 3.05) is 65.6 Å². The number of halogens is 4. The van der Waals surface area contributed by atoms with Crippen LogP contribution in [0.3, 0.4) is 0 Å². The Balaban J connectivity index is 1.63. The van der Waals surface area contributed by atoms with E-state index in [1.807, 2.05) is 12.1 Å². The fourth-order valence-electron chi connectivity index (χ4n) is 4.53. The summed E-state index contributed by atoms with van der Waals surface area (Å²) in [5.74, 6) is 0.597. The quantitative estimate of drug-likeness (QED) is 0.346. The Labute approximate surface area is 259 Å². The molecule has 16 heteroatoms. The van der Waals surface area contributed by atoms with Crippen molar-refractivity contribution in [2.45, 2.75) is 23.9 Å². The molecule has 0 bridgehead atoms. The number of hydrogen-bond donors (Lipinski definition) is 2. The van der Waals surface area contributed by atoms with E-state index in [4.69, 9.17) is 16.3 Å². The third-order valence-corrected chi connectivity index (χ3v) is 9.22. The first-order valence-electron chi connectivity index (χ1n) is 13.4. The smallest absolute Gasteiger partial charge is 0.416 e. The molecule has 44 heavy (non-hydrogen) atoms. The van der Waals surface area contributed by atoms with Crippen molar-refractivity contribution < 1.29 is 31.1 Å². The fraction of sp³-hybridized carbons (Fsp3) is 0.393. The van der Waals surface area contributed by atoms with Crippen molar-refractivity contribution in [3.8, 4) is 5.75 Å². The monoisotopic (exact) mass is 655 g/mol. The predicted molar refractivity (Wildman–Crippen MR) is 161 cm³/mol. The molecule has 1 aliphatic heterocycles. The Kier molecular flexibility index (Phi) is 9.93. The van der Waals surface area contributed by atoms with Gasteiger partial charge in [-0.25, -0.2) is 17.7 Å². The summed E-state index contributed by atoms with van der Waals surface area (Å²) in [6, 6.07) is 6.18. The summed E-state index contributed by atoms with van der Waals surface area (Å²) in [5.41, 5.74) is 1.43. The zero-order valence-corrected chi connectivity index (χ0v) is 26.4. The number of likely N-dealkylation sites (N-methyl/N-ethyl adjacent to an activating group) is 1. The molecular formula is C28H33ClF3N7O4S. The third-order valence-electron chi connectivity index (χ3n) is 7.09. The van der Waals surface area contributed by atoms with Gasteiger partial charge in [-0.15, -0.1) is 0 Å². The molecule has 0 radical (unpaired) electrons. The molecule has 0 aliphatic carbocycles. The lowest BCUT2D eigenvalue weighted by Gasteiger charge is -2.21. The molecule has 2 aromatic carbocycles. The van der Waals surface area contributed by atoms with Crippen molar-refractivity contribution in [1.82, 2.24) is 24.1 Å². The number of nitrogens with one attached hydrogen (secondary N) is 2. The van der Waals surface area contributed by atoms with Crippen LogP contribution in [0.25, 0.3) is 0 Å². The second-order valence-electron chi connectivity index (χ2n) is 10.5. The first kappa shape index (κ1) is 33.2. The van der Waals surface area contributed by atoms with Crippen LogP contribution in [0.15, 0.2) is 41.4 Å². The lowest BCUT2D eigenvalue weighted by Crippen LogP contribution is -2.37. The lowest BCUT2D eigenvalue weighted by molar-refractivity contribution is -0.137. The van der Waals surface area contributed by atoms with Crippen LogP contribution in [0.1, 0.15) is 16.7 Å². The number of anilines is 4. The summed E-state index contributed by atoms with van der Waals surface area (Å²) in [5, 5.41) is 5.86. The average Bonchev–Trinajstić information content (AvgIpc) is 3.15. The second-order valence-corrected chi connectivity index (χ2v) is 13.0. The highest BCUT2D eigenvalue weighted by atomic mass is 35.5. The molecule has 0 fully saturated rings. The van der Waals surface area contributed by atoms with Crippen LogP contribution in [-0.2, 0) is 33.8 Å². The van der Waals surface area contributed by atoms with E-state index >= 15 is 0 Å². The minimum Gasteiger partial charge on any atom is -0.495 e. The Bertz CT molecular complexity index is 1650. The number of aromatic nitrogens is 2. The highest BCUT2D eigenvalue weighted by Crippen LogP contribution is 2.37. The van der Waals surface area contributed by atoms with E-state index < -0.39 is 26.7 Å². The number of methoxy groups -OCH3 is 1. The van der Waals surface area contributed by atoms with Crippen molar-refractivity contribution in [3.05, 3.63) is 58.2 Å². The number of benzene rings is 2. The summed E-state index contributed by atoms with van der Waals surface area (Å²) in [6.07, 6.45) is -2.06. The van der Waals surface area contributed by atoms with Gasteiger partial charge in [0.25, 0.3) is 0 Å². The number of nitrogens with zero attached hydrogens (tertiary/aromatic N) is 5. The molecule has 0 unspecified atom stereocenters. The zero-order valence-electron chi connectivity index (χ0n) is 24.8. The van der Waals surface area contributed by atoms with E-state index in [2.05, 4.69) is 25.5 Å². The molecule has 238 valence electrons. The predicted octanol–water partition coefficient (Wildman–Crippen LogP) is 4.38. The van der Waals surface area contributed by atoms with Gasteiger partial charge in [0.1, 0.15) is 15.7 Å². The van der Waals surface area contributed by atoms with Gasteiger partial charge in [0.2, 0.25) is 21.9 Å². The summed E-state index contributed by atoms with van der Waals surface area (Å²) < 4.78 is 72.6. The first-order valence-corrected chi connectivity index (χ1v) is 15.2. The molecule has 2 N–H and O–H groups in total. The van der Waals surface area contributed by atoms with Crippen LogP contribution >= 0.6 is 11.6 Å². The van der Waals surface area contributed by atoms with Gasteiger partial charge in [-0.05, 0) is 54.3 Å². The maximum absolute atomic E-state index is 13.4. The molecule has 1 amide bonds. The molecule has 0 saturated carbocycles. The number of alkyl halides is 3. The van der Waals surface area contributed by atoms with Gasteiger partial charge < -0.3 is 20.3 Å². The summed E-state index contributed by atoms with van der Waals surface area (Å²) in [4.78, 5) is 23.9. The van der Waals surface area contributed by atoms with E-state index in [9.17, 15) is 26.4 Å². The summed E-state index contributed by atoms with van der Waals surface area (Å²) in [7, 11) is 3.12. The number of rotatable bonds is 9. The largest absolute Gasteiger partial charge is 0.495 e. The summed E-state index contributed by atoms with van der Waals surface area (Å²) >= 11 is 6.31. The lowest BCUT2D eigenvalue weighted by atomic mass is 10.0. The second kappa shape index (κ2) is 13.1. The van der Waals surface area contributed by atoms with Gasteiger partial charge in [-0.3, -0.25) is 9.69 Å². The molecule has 11 nitrogen and oxygen atoms in total. The van der Waals surface area contributed by atoms with Crippen LogP contribution < -0.4 is 15.4 Å². The molecule has 0 saturated heterocycles. The third kappa shape index (κ3) is 7.52. The van der Waals surface area contributed by atoms with Gasteiger partial charge in [0, 0.05) is 41.3 Å². The fourth-order valence-corrected chi connectivity index (χ4v) is 5.74. The topological polar surface area (TPSA) is 120 Å². The Morgan fingerprint density at radius 1 is 1.05 bits per heavy atom. The Hall–Kier alpha value is -3.66. The first-order chi connectivity index (χ1) is 20.6. The number of carbonyl (C=O) groups is 1. The molecular weight excluding hydrogens is 623 g/mol. The van der Waals surface area contributed by atoms with Crippen molar-refractivity contribution in [2.24, 2.45) is 0 Å². The number of carbonyl (C=O) groups excluding carboxylic acids is 1. The van der Waals surface area contributed by atoms with Crippen LogP contribution in [0.4, 0.5) is 36.3 Å². The number of ether oxygens (including phenoxy) is 1. The van der Waals surface area contributed by atoms with Crippen molar-refractivity contribution >= 4 is 50.7 Å². The Morgan fingerprint density at radius 3 is 2.30 bits per heavy atom. The van der Waals surface area contributed by atoms with Crippen LogP contribution in [-0.4, -0.2) is 93.3 Å². The number of sulfonamides is 1. The number of hydrogen-bond acceptors (Lipinski definition) is 9. The van der Waals surface area contributed by atoms with Gasteiger partial charge >= 0.3 is 6.18 Å². The van der Waals surface area contributed by atoms with E-state index in [0.29, 0.717) is 43.6 Å². The highest BCUT2D eigenvalue weighted by Gasteiger charge is 2.33. The van der Waals surface area contributed by atoms with Crippen LogP contribution in [0.2, 0.25) is 5.02 Å². The van der Waals surface area contributed by atoms with Crippen molar-refractivity contribution in [1.29, 1.82) is 0 Å². The minimum atomic E-state index is -4.76. The standard InChI is InChI=1S/C28H33ClF3N7O4S/c1-37(2)25(40)16-39-10-8-17-12-22(23(43-5)13-18(17)9-11-39)35-27-33-15-20(29)26(36-27)34-21-7-6-19(28(30,31)32)14-24(21)44(41,42)38(3)4/h6-7,12-15H,8-11,16H2,1-5H3,(H2,33,34,35,36). The van der Waals surface area contributed by atoms with Gasteiger partial charge in [-0.2, -0.15) is 18.2 Å². The van der Waals surface area contributed by atoms with Crippen LogP contribution in [0.5, 0.6) is 5.75 Å². The molecule has 0 spiro atoms. The zero-order chi connectivity index (χ0) is 32.4. The van der Waals surface area contributed by atoms with Gasteiger partial charge in [0.15, 0.2) is 5.82 Å². The Morgan fingerprint density at radius 2 is 1.70 bits per heavy atom. The average molecular weight is 656 g/mol. The number of fused-ring (bicyclic) bond motifs is 1. The maximum atomic E-state index is 13.4.